The van der Waals surface area contributed by atoms with E-state index in [0.717, 1.165) is 17.5 Å². The third-order valence-electron chi connectivity index (χ3n) is 3.24. The highest BCUT2D eigenvalue weighted by Crippen LogP contribution is 2.06. The zero-order chi connectivity index (χ0) is 14.4. The number of benzene rings is 1. The van der Waals surface area contributed by atoms with Crippen LogP contribution in [0, 0.1) is 0 Å². The van der Waals surface area contributed by atoms with E-state index in [2.05, 4.69) is 0 Å². The first-order chi connectivity index (χ1) is 9.69. The van der Waals surface area contributed by atoms with Gasteiger partial charge in [-0.2, -0.15) is 0 Å². The van der Waals surface area contributed by atoms with Crippen molar-refractivity contribution in [3.63, 3.8) is 0 Å². The van der Waals surface area contributed by atoms with Gasteiger partial charge in [0.1, 0.15) is 0 Å². The molecule has 0 saturated heterocycles. The average Bonchev–Trinajstić information content (AvgIpc) is 2.48. The van der Waals surface area contributed by atoms with Gasteiger partial charge >= 0.3 is 0 Å². The Bertz CT molecular complexity index is 629. The summed E-state index contributed by atoms with van der Waals surface area (Å²) in [5.74, 6) is 0. The zero-order valence-electron chi connectivity index (χ0n) is 11.7. The third kappa shape index (κ3) is 3.93. The Hall–Kier alpha value is -2.13. The quantitative estimate of drug-likeness (QED) is 0.906. The van der Waals surface area contributed by atoms with E-state index in [4.69, 9.17) is 5.73 Å². The third-order valence-corrected chi connectivity index (χ3v) is 3.24. The van der Waals surface area contributed by atoms with Crippen LogP contribution < -0.4 is 11.3 Å². The highest BCUT2D eigenvalue weighted by atomic mass is 16.1. The summed E-state index contributed by atoms with van der Waals surface area (Å²) in [5.41, 5.74) is 7.88. The first kappa shape index (κ1) is 14.3. The van der Waals surface area contributed by atoms with Gasteiger partial charge in [0.2, 0.25) is 0 Å². The van der Waals surface area contributed by atoms with Gasteiger partial charge in [0.25, 0.3) is 5.56 Å². The van der Waals surface area contributed by atoms with Gasteiger partial charge in [-0.15, -0.1) is 0 Å². The molecule has 0 amide bonds. The molecule has 2 aromatic rings. The predicted molar refractivity (Wildman–Crippen MR) is 84.3 cm³/mol. The largest absolute Gasteiger partial charge is 0.326 e. The number of rotatable bonds is 5. The molecule has 3 nitrogen and oxygen atoms in total. The molecule has 1 heterocycles. The molecule has 1 aromatic carbocycles. The summed E-state index contributed by atoms with van der Waals surface area (Å²) >= 11 is 0. The highest BCUT2D eigenvalue weighted by Gasteiger charge is 2.02. The minimum Gasteiger partial charge on any atom is -0.326 e. The number of hydrogen-bond acceptors (Lipinski definition) is 2. The van der Waals surface area contributed by atoms with E-state index in [-0.39, 0.29) is 11.6 Å². The van der Waals surface area contributed by atoms with Gasteiger partial charge in [-0.05, 0) is 23.6 Å². The molecule has 0 bridgehead atoms. The van der Waals surface area contributed by atoms with Gasteiger partial charge in [0.15, 0.2) is 0 Å². The molecule has 0 aliphatic heterocycles. The molecule has 0 aliphatic rings. The first-order valence-electron chi connectivity index (χ1n) is 6.88. The lowest BCUT2D eigenvalue weighted by molar-refractivity contribution is 0.527. The topological polar surface area (TPSA) is 48.0 Å². The lowest BCUT2D eigenvalue weighted by atomic mass is 10.1. The molecule has 1 atom stereocenters. The highest BCUT2D eigenvalue weighted by molar-refractivity contribution is 5.69. The monoisotopic (exact) mass is 268 g/mol. The Kier molecular flexibility index (Phi) is 4.91. The molecule has 0 saturated carbocycles. The molecule has 3 heteroatoms. The van der Waals surface area contributed by atoms with Crippen LogP contribution in [0.2, 0.25) is 0 Å². The molecule has 0 aliphatic carbocycles. The second kappa shape index (κ2) is 6.87. The van der Waals surface area contributed by atoms with Crippen LogP contribution in [0.25, 0.3) is 12.2 Å². The molecule has 0 fully saturated rings. The van der Waals surface area contributed by atoms with E-state index in [1.807, 2.05) is 61.7 Å². The lowest BCUT2D eigenvalue weighted by Gasteiger charge is -2.11. The summed E-state index contributed by atoms with van der Waals surface area (Å²) in [7, 11) is 0. The Morgan fingerprint density at radius 1 is 1.15 bits per heavy atom. The molecule has 104 valence electrons. The van der Waals surface area contributed by atoms with E-state index in [1.165, 1.54) is 0 Å². The maximum absolute atomic E-state index is 12.0. The minimum absolute atomic E-state index is 0.0101. The molecular formula is C17H20N2O. The van der Waals surface area contributed by atoms with Gasteiger partial charge in [0, 0.05) is 24.8 Å². The summed E-state index contributed by atoms with van der Waals surface area (Å²) < 4.78 is 1.66. The SMILES string of the molecule is CCC(N)Cn1ccc(/C=C/c2ccccc2)cc1=O. The van der Waals surface area contributed by atoms with Crippen molar-refractivity contribution in [1.82, 2.24) is 4.57 Å². The average molecular weight is 268 g/mol. The molecule has 2 rings (SSSR count). The van der Waals surface area contributed by atoms with Crippen LogP contribution in [0.4, 0.5) is 0 Å². The maximum Gasteiger partial charge on any atom is 0.251 e. The Labute approximate surface area is 119 Å². The van der Waals surface area contributed by atoms with Crippen molar-refractivity contribution < 1.29 is 0 Å². The Morgan fingerprint density at radius 3 is 2.50 bits per heavy atom. The van der Waals surface area contributed by atoms with Crippen LogP contribution in [-0.4, -0.2) is 10.6 Å². The fourth-order valence-corrected chi connectivity index (χ4v) is 1.92. The van der Waals surface area contributed by atoms with Crippen molar-refractivity contribution in [2.45, 2.75) is 25.9 Å². The van der Waals surface area contributed by atoms with Crippen LogP contribution in [0.15, 0.2) is 53.5 Å². The molecule has 0 radical (unpaired) electrons. The van der Waals surface area contributed by atoms with Crippen LogP contribution in [-0.2, 0) is 6.54 Å². The number of hydrogen-bond donors (Lipinski definition) is 1. The van der Waals surface area contributed by atoms with Gasteiger partial charge in [-0.1, -0.05) is 49.4 Å². The zero-order valence-corrected chi connectivity index (χ0v) is 11.7. The van der Waals surface area contributed by atoms with Crippen LogP contribution in [0.5, 0.6) is 0 Å². The van der Waals surface area contributed by atoms with Crippen molar-refractivity contribution in [1.29, 1.82) is 0 Å². The second-order valence-corrected chi connectivity index (χ2v) is 4.86. The summed E-state index contributed by atoms with van der Waals surface area (Å²) in [6.45, 7) is 2.59. The lowest BCUT2D eigenvalue weighted by Crippen LogP contribution is -2.30. The number of pyridine rings is 1. The predicted octanol–water partition coefficient (Wildman–Crippen LogP) is 2.76. The van der Waals surface area contributed by atoms with Crippen LogP contribution >= 0.6 is 0 Å². The fourth-order valence-electron chi connectivity index (χ4n) is 1.92. The molecule has 20 heavy (non-hydrogen) atoms. The maximum atomic E-state index is 12.0. The van der Waals surface area contributed by atoms with E-state index < -0.39 is 0 Å². The van der Waals surface area contributed by atoms with Crippen molar-refractivity contribution in [3.8, 4) is 0 Å². The van der Waals surface area contributed by atoms with Crippen molar-refractivity contribution in [2.75, 3.05) is 0 Å². The fraction of sp³-hybridized carbons (Fsp3) is 0.235. The summed E-state index contributed by atoms with van der Waals surface area (Å²) in [5, 5.41) is 0. The molecule has 1 unspecified atom stereocenters. The Balaban J connectivity index is 2.13. The number of nitrogens with two attached hydrogens (primary N) is 1. The molecule has 2 N–H and O–H groups in total. The van der Waals surface area contributed by atoms with Gasteiger partial charge in [0.05, 0.1) is 0 Å². The first-order valence-corrected chi connectivity index (χ1v) is 6.88. The van der Waals surface area contributed by atoms with E-state index >= 15 is 0 Å². The van der Waals surface area contributed by atoms with E-state index in [9.17, 15) is 4.79 Å². The van der Waals surface area contributed by atoms with Crippen molar-refractivity contribution >= 4 is 12.2 Å². The Morgan fingerprint density at radius 2 is 1.85 bits per heavy atom. The van der Waals surface area contributed by atoms with E-state index in [0.29, 0.717) is 6.54 Å². The van der Waals surface area contributed by atoms with Crippen LogP contribution in [0.3, 0.4) is 0 Å². The normalized spacial score (nSPS) is 12.7. The molecular weight excluding hydrogens is 248 g/mol. The molecule has 1 aromatic heterocycles. The minimum atomic E-state index is -0.0101. The van der Waals surface area contributed by atoms with Gasteiger partial charge in [-0.25, -0.2) is 0 Å². The van der Waals surface area contributed by atoms with Gasteiger partial charge < -0.3 is 10.3 Å². The van der Waals surface area contributed by atoms with Gasteiger partial charge in [-0.3, -0.25) is 4.79 Å². The standard InChI is InChI=1S/C17H20N2O/c1-2-16(18)13-19-11-10-15(12-17(19)20)9-8-14-6-4-3-5-7-14/h3-12,16H,2,13,18H2,1H3/b9-8+. The van der Waals surface area contributed by atoms with Crippen molar-refractivity contribution in [3.05, 3.63) is 70.1 Å². The summed E-state index contributed by atoms with van der Waals surface area (Å²) in [6.07, 6.45) is 6.61. The van der Waals surface area contributed by atoms with E-state index in [1.54, 1.807) is 10.6 Å². The number of nitrogens with zero attached hydrogens (tertiary/aromatic N) is 1. The van der Waals surface area contributed by atoms with Crippen molar-refractivity contribution in [2.24, 2.45) is 5.73 Å². The van der Waals surface area contributed by atoms with Crippen LogP contribution in [0.1, 0.15) is 24.5 Å². The smallest absolute Gasteiger partial charge is 0.251 e. The second-order valence-electron chi connectivity index (χ2n) is 4.86. The summed E-state index contributed by atoms with van der Waals surface area (Å²) in [4.78, 5) is 12.0. The summed E-state index contributed by atoms with van der Waals surface area (Å²) in [6, 6.07) is 13.6. The molecule has 0 spiro atoms. The number of aromatic nitrogens is 1.